The van der Waals surface area contributed by atoms with Crippen LogP contribution in [0.1, 0.15) is 24.7 Å². The summed E-state index contributed by atoms with van der Waals surface area (Å²) >= 11 is 12.0. The van der Waals surface area contributed by atoms with E-state index in [-0.39, 0.29) is 5.54 Å². The van der Waals surface area contributed by atoms with Crippen LogP contribution in [0.25, 0.3) is 0 Å². The molecule has 0 aliphatic rings. The lowest BCUT2D eigenvalue weighted by molar-refractivity contribution is 0.380. The highest BCUT2D eigenvalue weighted by Crippen LogP contribution is 2.17. The first-order chi connectivity index (χ1) is 8.59. The molecule has 0 saturated carbocycles. The van der Waals surface area contributed by atoms with Crippen LogP contribution in [0.4, 0.5) is 0 Å². The van der Waals surface area contributed by atoms with Gasteiger partial charge in [0.2, 0.25) is 0 Å². The maximum Gasteiger partial charge on any atom is 0.122 e. The molecule has 1 aromatic heterocycles. The van der Waals surface area contributed by atoms with Crippen molar-refractivity contribution < 1.29 is 4.74 Å². The van der Waals surface area contributed by atoms with Gasteiger partial charge in [0, 0.05) is 41.7 Å². The summed E-state index contributed by atoms with van der Waals surface area (Å²) in [4.78, 5) is 4.46. The summed E-state index contributed by atoms with van der Waals surface area (Å²) in [5.74, 6) is 1.78. The smallest absolute Gasteiger partial charge is 0.122 e. The van der Waals surface area contributed by atoms with Crippen LogP contribution in [-0.2, 0) is 6.54 Å². The molecule has 0 radical (unpaired) electrons. The summed E-state index contributed by atoms with van der Waals surface area (Å²) in [6.45, 7) is 4.65. The van der Waals surface area contributed by atoms with Crippen LogP contribution in [-0.4, -0.2) is 29.4 Å². The average molecular weight is 291 g/mol. The second-order valence-electron chi connectivity index (χ2n) is 4.39. The molecule has 0 bridgehead atoms. The average Bonchev–Trinajstić information content (AvgIpc) is 2.40. The van der Waals surface area contributed by atoms with E-state index in [0.29, 0.717) is 18.3 Å². The van der Waals surface area contributed by atoms with Crippen molar-refractivity contribution in [2.75, 3.05) is 18.9 Å². The fourth-order valence-electron chi connectivity index (χ4n) is 1.63. The Bertz CT molecular complexity index is 373. The second-order valence-corrected chi connectivity index (χ2v) is 4.93. The molecule has 18 heavy (non-hydrogen) atoms. The zero-order valence-corrected chi connectivity index (χ0v) is 12.6. The first-order valence-corrected chi connectivity index (χ1v) is 7.04. The molecule has 1 rings (SSSR count). The van der Waals surface area contributed by atoms with Crippen LogP contribution in [0.2, 0.25) is 0 Å². The highest BCUT2D eigenvalue weighted by molar-refractivity contribution is 6.22. The molecule has 1 heterocycles. The molecule has 1 N–H and O–H groups in total. The molecule has 5 heteroatoms. The molecule has 0 fully saturated rings. The fourth-order valence-corrected chi connectivity index (χ4v) is 2.49. The summed E-state index contributed by atoms with van der Waals surface area (Å²) in [7, 11) is 1.65. The van der Waals surface area contributed by atoms with Crippen molar-refractivity contribution in [2.24, 2.45) is 0 Å². The molecule has 1 aromatic rings. The van der Waals surface area contributed by atoms with Crippen molar-refractivity contribution >= 4 is 23.2 Å². The molecular formula is C13H20Cl2N2O. The number of aromatic nitrogens is 1. The van der Waals surface area contributed by atoms with Crippen molar-refractivity contribution in [2.45, 2.75) is 32.4 Å². The minimum Gasteiger partial charge on any atom is -0.497 e. The lowest BCUT2D eigenvalue weighted by Gasteiger charge is -2.29. The number of ether oxygens (including phenoxy) is 1. The molecule has 0 spiro atoms. The minimum atomic E-state index is -0.234. The zero-order valence-electron chi connectivity index (χ0n) is 11.1. The van der Waals surface area contributed by atoms with Crippen LogP contribution in [0, 0.1) is 6.92 Å². The van der Waals surface area contributed by atoms with Gasteiger partial charge in [-0.05, 0) is 13.3 Å². The van der Waals surface area contributed by atoms with Gasteiger partial charge >= 0.3 is 0 Å². The van der Waals surface area contributed by atoms with Crippen molar-refractivity contribution in [1.82, 2.24) is 10.3 Å². The van der Waals surface area contributed by atoms with Gasteiger partial charge in [-0.1, -0.05) is 6.92 Å². The quantitative estimate of drug-likeness (QED) is 0.784. The van der Waals surface area contributed by atoms with Crippen molar-refractivity contribution in [3.63, 3.8) is 0 Å². The number of aryl methyl sites for hydroxylation is 1. The van der Waals surface area contributed by atoms with Gasteiger partial charge in [0.25, 0.3) is 0 Å². The summed E-state index contributed by atoms with van der Waals surface area (Å²) in [6.07, 6.45) is 0.878. The van der Waals surface area contributed by atoms with E-state index in [0.717, 1.165) is 23.6 Å². The number of rotatable bonds is 7. The Labute approximate surface area is 119 Å². The van der Waals surface area contributed by atoms with E-state index < -0.39 is 0 Å². The normalized spacial score (nSPS) is 11.6. The number of nitrogens with zero attached hydrogens (tertiary/aromatic N) is 1. The third-order valence-corrected chi connectivity index (χ3v) is 4.07. The van der Waals surface area contributed by atoms with Gasteiger partial charge in [-0.25, -0.2) is 0 Å². The van der Waals surface area contributed by atoms with Crippen molar-refractivity contribution in [3.05, 3.63) is 23.5 Å². The van der Waals surface area contributed by atoms with E-state index in [4.69, 9.17) is 27.9 Å². The minimum absolute atomic E-state index is 0.234. The van der Waals surface area contributed by atoms with Gasteiger partial charge in [0.1, 0.15) is 5.75 Å². The Morgan fingerprint density at radius 1 is 1.33 bits per heavy atom. The lowest BCUT2D eigenvalue weighted by Crippen LogP contribution is -2.48. The third-order valence-electron chi connectivity index (χ3n) is 3.05. The number of alkyl halides is 2. The molecule has 0 unspecified atom stereocenters. The Morgan fingerprint density at radius 2 is 2.00 bits per heavy atom. The van der Waals surface area contributed by atoms with Gasteiger partial charge in [0.05, 0.1) is 12.8 Å². The topological polar surface area (TPSA) is 34.1 Å². The number of nitrogens with one attached hydrogen (secondary N) is 1. The third kappa shape index (κ3) is 4.01. The Morgan fingerprint density at radius 3 is 2.50 bits per heavy atom. The molecule has 102 valence electrons. The zero-order chi connectivity index (χ0) is 13.6. The van der Waals surface area contributed by atoms with Gasteiger partial charge < -0.3 is 10.1 Å². The maximum absolute atomic E-state index is 5.99. The fraction of sp³-hybridized carbons (Fsp3) is 0.615. The molecular weight excluding hydrogens is 271 g/mol. The highest BCUT2D eigenvalue weighted by atomic mass is 35.5. The lowest BCUT2D eigenvalue weighted by atomic mass is 10.0. The number of methoxy groups -OCH3 is 1. The highest BCUT2D eigenvalue weighted by Gasteiger charge is 2.25. The van der Waals surface area contributed by atoms with E-state index in [2.05, 4.69) is 17.2 Å². The predicted octanol–water partition coefficient (Wildman–Crippen LogP) is 3.11. The van der Waals surface area contributed by atoms with E-state index in [1.54, 1.807) is 7.11 Å². The van der Waals surface area contributed by atoms with Crippen LogP contribution in [0.5, 0.6) is 5.75 Å². The van der Waals surface area contributed by atoms with Gasteiger partial charge in [-0.3, -0.25) is 4.98 Å². The summed E-state index contributed by atoms with van der Waals surface area (Å²) in [6, 6.07) is 3.82. The Balaban J connectivity index is 2.76. The van der Waals surface area contributed by atoms with E-state index in [1.165, 1.54) is 0 Å². The predicted molar refractivity (Wildman–Crippen MR) is 76.8 cm³/mol. The maximum atomic E-state index is 5.99. The molecule has 0 aliphatic carbocycles. The number of pyridine rings is 1. The van der Waals surface area contributed by atoms with Crippen molar-refractivity contribution in [1.29, 1.82) is 0 Å². The summed E-state index contributed by atoms with van der Waals surface area (Å²) < 4.78 is 5.23. The standard InChI is InChI=1S/C13H20Cl2N2O/c1-4-13(8-14,9-15)16-7-11-6-12(18-3)5-10(2)17-11/h5-6,16H,4,7-9H2,1-3H3. The van der Waals surface area contributed by atoms with E-state index >= 15 is 0 Å². The van der Waals surface area contributed by atoms with Gasteiger partial charge in [-0.2, -0.15) is 0 Å². The molecule has 0 aromatic carbocycles. The summed E-state index contributed by atoms with van der Waals surface area (Å²) in [5, 5.41) is 3.40. The molecule has 0 atom stereocenters. The van der Waals surface area contributed by atoms with Gasteiger partial charge in [0.15, 0.2) is 0 Å². The van der Waals surface area contributed by atoms with Crippen LogP contribution in [0.3, 0.4) is 0 Å². The number of hydrogen-bond acceptors (Lipinski definition) is 3. The number of halogens is 2. The monoisotopic (exact) mass is 290 g/mol. The molecule has 3 nitrogen and oxygen atoms in total. The Kier molecular flexibility index (Phi) is 6.19. The van der Waals surface area contributed by atoms with Gasteiger partial charge in [-0.15, -0.1) is 23.2 Å². The SMILES string of the molecule is CCC(CCl)(CCl)NCc1cc(OC)cc(C)n1. The number of hydrogen-bond donors (Lipinski definition) is 1. The molecule has 0 amide bonds. The van der Waals surface area contributed by atoms with Crippen molar-refractivity contribution in [3.8, 4) is 5.75 Å². The Hall–Kier alpha value is -0.510. The van der Waals surface area contributed by atoms with Crippen LogP contribution >= 0.6 is 23.2 Å². The molecule has 0 saturated heterocycles. The largest absolute Gasteiger partial charge is 0.497 e. The van der Waals surface area contributed by atoms with Crippen LogP contribution < -0.4 is 10.1 Å². The van der Waals surface area contributed by atoms with E-state index in [9.17, 15) is 0 Å². The first-order valence-electron chi connectivity index (χ1n) is 5.97. The summed E-state index contributed by atoms with van der Waals surface area (Å²) in [5.41, 5.74) is 1.63. The van der Waals surface area contributed by atoms with E-state index in [1.807, 2.05) is 19.1 Å². The first kappa shape index (κ1) is 15.5. The second kappa shape index (κ2) is 7.17. The molecule has 0 aliphatic heterocycles. The van der Waals surface area contributed by atoms with Crippen LogP contribution in [0.15, 0.2) is 12.1 Å².